The predicted molar refractivity (Wildman–Crippen MR) is 136 cm³/mol. The summed E-state index contributed by atoms with van der Waals surface area (Å²) >= 11 is 0. The van der Waals surface area contributed by atoms with Crippen molar-refractivity contribution in [2.45, 2.75) is 85.2 Å². The van der Waals surface area contributed by atoms with Gasteiger partial charge in [-0.05, 0) is 89.4 Å². The maximum absolute atomic E-state index is 13.5. The number of aryl methyl sites for hydroxylation is 1. The van der Waals surface area contributed by atoms with E-state index in [0.29, 0.717) is 22.8 Å². The number of benzene rings is 2. The Morgan fingerprint density at radius 2 is 1.74 bits per heavy atom. The molecule has 35 heavy (non-hydrogen) atoms. The fraction of sp³-hybridized carbons (Fsp3) is 0.548. The third-order valence-corrected chi connectivity index (χ3v) is 9.99. The predicted octanol–water partition coefficient (Wildman–Crippen LogP) is 6.68. The van der Waals surface area contributed by atoms with E-state index in [-0.39, 0.29) is 28.7 Å². The summed E-state index contributed by atoms with van der Waals surface area (Å²) in [7, 11) is 0. The van der Waals surface area contributed by atoms with Crippen LogP contribution in [0.1, 0.15) is 92.4 Å². The van der Waals surface area contributed by atoms with Gasteiger partial charge < -0.3 is 9.84 Å². The van der Waals surface area contributed by atoms with Crippen molar-refractivity contribution >= 4 is 11.8 Å². The van der Waals surface area contributed by atoms with Gasteiger partial charge in [0.05, 0.1) is 5.56 Å². The number of ketones is 1. The molecule has 0 aliphatic heterocycles. The summed E-state index contributed by atoms with van der Waals surface area (Å²) < 4.78 is 5.40. The molecular formula is C31H38O4. The summed E-state index contributed by atoms with van der Waals surface area (Å²) in [5, 5.41) is 11.1. The number of rotatable bonds is 4. The number of hydrogen-bond donors (Lipinski definition) is 1. The van der Waals surface area contributed by atoms with Crippen LogP contribution in [0.15, 0.2) is 36.4 Å². The van der Waals surface area contributed by atoms with Crippen molar-refractivity contribution in [3.05, 3.63) is 64.2 Å². The fourth-order valence-electron chi connectivity index (χ4n) is 8.43. The molecule has 2 fully saturated rings. The number of aromatic hydroxyl groups is 1. The van der Waals surface area contributed by atoms with Crippen LogP contribution in [0.2, 0.25) is 0 Å². The Kier molecular flexibility index (Phi) is 5.65. The van der Waals surface area contributed by atoms with E-state index in [1.807, 2.05) is 43.3 Å². The SMILES string of the molecule is Cc1cc2c(c(C(=O)C(=O)OCc3ccccc3)c1O)[C@]1(C)CCC3C(C)(C)CCC[C@]3(C)C1C2. The van der Waals surface area contributed by atoms with Gasteiger partial charge in [0.1, 0.15) is 12.4 Å². The second kappa shape index (κ2) is 8.21. The van der Waals surface area contributed by atoms with Crippen molar-refractivity contribution in [3.8, 4) is 5.75 Å². The molecule has 186 valence electrons. The van der Waals surface area contributed by atoms with Crippen molar-refractivity contribution in [1.29, 1.82) is 0 Å². The lowest BCUT2D eigenvalue weighted by Crippen LogP contribution is -2.55. The lowest BCUT2D eigenvalue weighted by molar-refractivity contribution is -0.139. The van der Waals surface area contributed by atoms with Crippen molar-refractivity contribution < 1.29 is 19.4 Å². The van der Waals surface area contributed by atoms with E-state index < -0.39 is 11.8 Å². The third-order valence-electron chi connectivity index (χ3n) is 9.99. The first kappa shape index (κ1) is 24.1. The number of esters is 1. The largest absolute Gasteiger partial charge is 0.507 e. The number of phenols is 1. The molecule has 3 aliphatic rings. The van der Waals surface area contributed by atoms with Crippen LogP contribution >= 0.6 is 0 Å². The monoisotopic (exact) mass is 474 g/mol. The molecule has 0 aromatic heterocycles. The summed E-state index contributed by atoms with van der Waals surface area (Å²) in [5.41, 5.74) is 3.91. The van der Waals surface area contributed by atoms with Crippen molar-refractivity contribution in [3.63, 3.8) is 0 Å². The second-order valence-electron chi connectivity index (χ2n) is 12.5. The summed E-state index contributed by atoms with van der Waals surface area (Å²) in [4.78, 5) is 26.5. The van der Waals surface area contributed by atoms with E-state index in [0.717, 1.165) is 36.0 Å². The zero-order valence-corrected chi connectivity index (χ0v) is 21.7. The van der Waals surface area contributed by atoms with Gasteiger partial charge in [-0.3, -0.25) is 4.79 Å². The smallest absolute Gasteiger partial charge is 0.380 e. The molecule has 0 saturated heterocycles. The van der Waals surface area contributed by atoms with E-state index >= 15 is 0 Å². The zero-order valence-electron chi connectivity index (χ0n) is 21.7. The van der Waals surface area contributed by atoms with E-state index in [4.69, 9.17) is 4.74 Å². The lowest BCUT2D eigenvalue weighted by atomic mass is 9.43. The second-order valence-corrected chi connectivity index (χ2v) is 12.5. The molecule has 2 unspecified atom stereocenters. The number of ether oxygens (including phenoxy) is 1. The van der Waals surface area contributed by atoms with E-state index in [9.17, 15) is 14.7 Å². The first-order valence-electron chi connectivity index (χ1n) is 13.1. The van der Waals surface area contributed by atoms with E-state index in [1.54, 1.807) is 0 Å². The number of phenolic OH excluding ortho intramolecular Hbond substituents is 1. The van der Waals surface area contributed by atoms with E-state index in [1.165, 1.54) is 19.3 Å². The number of Topliss-reactive ketones (excluding diaryl/α,β-unsaturated/α-hetero) is 1. The average molecular weight is 475 g/mol. The Morgan fingerprint density at radius 1 is 1.03 bits per heavy atom. The van der Waals surface area contributed by atoms with Gasteiger partial charge in [0.15, 0.2) is 0 Å². The summed E-state index contributed by atoms with van der Waals surface area (Å²) in [6.45, 7) is 11.4. The van der Waals surface area contributed by atoms with Crippen LogP contribution in [0.25, 0.3) is 0 Å². The van der Waals surface area contributed by atoms with Crippen LogP contribution in [0.5, 0.6) is 5.75 Å². The molecule has 2 aromatic carbocycles. The highest BCUT2D eigenvalue weighted by Gasteiger charge is 2.62. The van der Waals surface area contributed by atoms with Gasteiger partial charge >= 0.3 is 5.97 Å². The zero-order chi connectivity index (χ0) is 25.2. The minimum atomic E-state index is -0.900. The third kappa shape index (κ3) is 3.63. The topological polar surface area (TPSA) is 63.6 Å². The van der Waals surface area contributed by atoms with Gasteiger partial charge in [0, 0.05) is 0 Å². The Morgan fingerprint density at radius 3 is 2.46 bits per heavy atom. The van der Waals surface area contributed by atoms with Gasteiger partial charge in [-0.15, -0.1) is 0 Å². The first-order valence-corrected chi connectivity index (χ1v) is 13.1. The molecule has 0 amide bonds. The van der Waals surface area contributed by atoms with Gasteiger partial charge in [-0.25, -0.2) is 4.79 Å². The van der Waals surface area contributed by atoms with Gasteiger partial charge in [0.25, 0.3) is 5.78 Å². The summed E-state index contributed by atoms with van der Waals surface area (Å²) in [6.07, 6.45) is 6.66. The summed E-state index contributed by atoms with van der Waals surface area (Å²) in [6, 6.07) is 11.4. The Balaban J connectivity index is 1.52. The molecule has 4 nitrogen and oxygen atoms in total. The van der Waals surface area contributed by atoms with E-state index in [2.05, 4.69) is 27.7 Å². The number of hydrogen-bond acceptors (Lipinski definition) is 4. The molecule has 2 saturated carbocycles. The van der Waals surface area contributed by atoms with Gasteiger partial charge in [-0.2, -0.15) is 0 Å². The molecule has 3 aliphatic carbocycles. The lowest BCUT2D eigenvalue weighted by Gasteiger charge is -2.61. The van der Waals surface area contributed by atoms with Crippen molar-refractivity contribution in [2.75, 3.05) is 0 Å². The van der Waals surface area contributed by atoms with Crippen molar-refractivity contribution in [2.24, 2.45) is 22.7 Å². The Labute approximate surface area is 209 Å². The molecule has 2 aromatic rings. The number of carbonyl (C=O) groups excluding carboxylic acids is 2. The quantitative estimate of drug-likeness (QED) is 0.305. The van der Waals surface area contributed by atoms with Crippen LogP contribution in [0.3, 0.4) is 0 Å². The highest BCUT2D eigenvalue weighted by molar-refractivity contribution is 6.41. The molecule has 0 bridgehead atoms. The first-order chi connectivity index (χ1) is 16.5. The average Bonchev–Trinajstić information content (AvgIpc) is 3.11. The molecule has 0 heterocycles. The van der Waals surface area contributed by atoms with Gasteiger partial charge in [-0.1, -0.05) is 70.5 Å². The highest BCUT2D eigenvalue weighted by Crippen LogP contribution is 2.68. The van der Waals surface area contributed by atoms with Crippen LogP contribution in [0.4, 0.5) is 0 Å². The maximum Gasteiger partial charge on any atom is 0.380 e. The Bertz CT molecular complexity index is 1180. The van der Waals surface area contributed by atoms with Crippen LogP contribution in [-0.2, 0) is 28.0 Å². The molecule has 5 rings (SSSR count). The van der Waals surface area contributed by atoms with Crippen LogP contribution < -0.4 is 0 Å². The number of fused-ring (bicyclic) bond motifs is 5. The van der Waals surface area contributed by atoms with Crippen LogP contribution in [-0.4, -0.2) is 16.9 Å². The molecule has 4 atom stereocenters. The minimum Gasteiger partial charge on any atom is -0.507 e. The van der Waals surface area contributed by atoms with Gasteiger partial charge in [0.2, 0.25) is 0 Å². The molecule has 1 N–H and O–H groups in total. The Hall–Kier alpha value is -2.62. The molecule has 4 heteroatoms. The standard InChI is InChI=1S/C31H38O4/c1-19-16-21-17-23-30(4)14-9-13-29(2,3)22(30)12-15-31(23,5)25(21)24(26(19)32)27(33)28(34)35-18-20-10-7-6-8-11-20/h6-8,10-11,16,22-23,32H,9,12-15,17-18H2,1-5H3/t22?,23?,30-,31+/m0/s1. The normalized spacial score (nSPS) is 30.7. The highest BCUT2D eigenvalue weighted by atomic mass is 16.5. The molecular weight excluding hydrogens is 436 g/mol. The number of carbonyl (C=O) groups is 2. The maximum atomic E-state index is 13.5. The molecule has 0 radical (unpaired) electrons. The van der Waals surface area contributed by atoms with Crippen LogP contribution in [0, 0.1) is 29.6 Å². The minimum absolute atomic E-state index is 0.0366. The van der Waals surface area contributed by atoms with Crippen molar-refractivity contribution in [1.82, 2.24) is 0 Å². The summed E-state index contributed by atoms with van der Waals surface area (Å²) in [5.74, 6) is -0.667. The molecule has 0 spiro atoms. The fourth-order valence-corrected chi connectivity index (χ4v) is 8.43.